The maximum absolute atomic E-state index is 13.6. The maximum Gasteiger partial charge on any atom is 0.257 e. The highest BCUT2D eigenvalue weighted by Crippen LogP contribution is 2.22. The van der Waals surface area contributed by atoms with E-state index in [0.29, 0.717) is 5.82 Å². The molecule has 0 aliphatic carbocycles. The lowest BCUT2D eigenvalue weighted by atomic mass is 10.2. The largest absolute Gasteiger partial charge is 0.329 e. The molecule has 0 saturated carbocycles. The van der Waals surface area contributed by atoms with Gasteiger partial charge < -0.3 is 10.2 Å². The number of carbonyl (C=O) groups excluding carboxylic acids is 1. The monoisotopic (exact) mass is 357 g/mol. The van der Waals surface area contributed by atoms with Crippen LogP contribution in [-0.4, -0.2) is 17.9 Å². The molecule has 26 heavy (non-hydrogen) atoms. The summed E-state index contributed by atoms with van der Waals surface area (Å²) in [5.41, 5.74) is 0.625. The van der Waals surface area contributed by atoms with Crippen LogP contribution >= 0.6 is 0 Å². The Bertz CT molecular complexity index is 931. The fourth-order valence-corrected chi connectivity index (χ4v) is 2.32. The van der Waals surface area contributed by atoms with Gasteiger partial charge in [0.2, 0.25) is 0 Å². The lowest BCUT2D eigenvalue weighted by Crippen LogP contribution is -2.15. The van der Waals surface area contributed by atoms with Crippen LogP contribution in [0.3, 0.4) is 0 Å². The molecule has 132 valence electrons. The quantitative estimate of drug-likeness (QED) is 0.699. The number of hydrogen-bond donors (Lipinski definition) is 1. The summed E-state index contributed by atoms with van der Waals surface area (Å²) in [6, 6.07) is 14.3. The predicted octanol–water partition coefficient (Wildman–Crippen LogP) is 4.52. The molecule has 1 aromatic heterocycles. The lowest BCUT2D eigenvalue weighted by Gasteiger charge is -2.18. The molecule has 0 unspecified atom stereocenters. The molecular formula is C19H14F3N3O. The minimum Gasteiger partial charge on any atom is -0.329 e. The minimum absolute atomic E-state index is 0.152. The van der Waals surface area contributed by atoms with Crippen LogP contribution in [0.1, 0.15) is 10.4 Å². The van der Waals surface area contributed by atoms with Crippen LogP contribution in [0, 0.1) is 17.5 Å². The Morgan fingerprint density at radius 2 is 1.69 bits per heavy atom. The number of amides is 1. The number of nitrogens with one attached hydrogen (secondary N) is 1. The zero-order valence-electron chi connectivity index (χ0n) is 13.7. The Balaban J connectivity index is 1.76. The summed E-state index contributed by atoms with van der Waals surface area (Å²) in [7, 11) is 1.83. The molecule has 0 saturated heterocycles. The third-order valence-corrected chi connectivity index (χ3v) is 3.78. The highest BCUT2D eigenvalue weighted by molar-refractivity contribution is 6.04. The summed E-state index contributed by atoms with van der Waals surface area (Å²) in [6.45, 7) is 0. The number of benzene rings is 2. The van der Waals surface area contributed by atoms with Crippen LogP contribution < -0.4 is 10.2 Å². The number of hydrogen-bond acceptors (Lipinski definition) is 3. The molecule has 1 heterocycles. The molecule has 1 amide bonds. The van der Waals surface area contributed by atoms with Crippen molar-refractivity contribution >= 4 is 23.1 Å². The average molecular weight is 357 g/mol. The fraction of sp³-hybridized carbons (Fsp3) is 0.0526. The smallest absolute Gasteiger partial charge is 0.257 e. The van der Waals surface area contributed by atoms with Crippen molar-refractivity contribution in [2.45, 2.75) is 0 Å². The first-order valence-corrected chi connectivity index (χ1v) is 7.67. The van der Waals surface area contributed by atoms with E-state index < -0.39 is 29.0 Å². The number of aromatic nitrogens is 1. The van der Waals surface area contributed by atoms with Gasteiger partial charge in [0.25, 0.3) is 5.91 Å². The summed E-state index contributed by atoms with van der Waals surface area (Å²) >= 11 is 0. The number of para-hydroxylation sites is 1. The Morgan fingerprint density at radius 3 is 2.35 bits per heavy atom. The number of halogens is 3. The lowest BCUT2D eigenvalue weighted by molar-refractivity contribution is 0.102. The van der Waals surface area contributed by atoms with Crippen molar-refractivity contribution in [1.29, 1.82) is 0 Å². The Morgan fingerprint density at radius 1 is 0.962 bits per heavy atom. The first kappa shape index (κ1) is 17.5. The molecule has 0 aliphatic rings. The van der Waals surface area contributed by atoms with Gasteiger partial charge in [-0.05, 0) is 36.4 Å². The third-order valence-electron chi connectivity index (χ3n) is 3.78. The van der Waals surface area contributed by atoms with Crippen LogP contribution in [0.5, 0.6) is 0 Å². The first-order valence-electron chi connectivity index (χ1n) is 7.67. The average Bonchev–Trinajstić information content (AvgIpc) is 2.68. The van der Waals surface area contributed by atoms with Crippen molar-refractivity contribution in [3.63, 3.8) is 0 Å². The Kier molecular flexibility index (Phi) is 4.88. The molecule has 2 aromatic carbocycles. The van der Waals surface area contributed by atoms with E-state index >= 15 is 0 Å². The van der Waals surface area contributed by atoms with Crippen LogP contribution in [0.15, 0.2) is 60.8 Å². The van der Waals surface area contributed by atoms with E-state index in [1.165, 1.54) is 12.3 Å². The summed E-state index contributed by atoms with van der Waals surface area (Å²) in [5.74, 6) is -4.49. The van der Waals surface area contributed by atoms with Crippen LogP contribution in [0.25, 0.3) is 0 Å². The van der Waals surface area contributed by atoms with E-state index in [1.54, 1.807) is 6.07 Å². The summed E-state index contributed by atoms with van der Waals surface area (Å²) < 4.78 is 39.8. The second-order valence-electron chi connectivity index (χ2n) is 5.48. The molecule has 3 rings (SSSR count). The van der Waals surface area contributed by atoms with Crippen molar-refractivity contribution in [3.8, 4) is 0 Å². The second-order valence-corrected chi connectivity index (χ2v) is 5.48. The number of pyridine rings is 1. The predicted molar refractivity (Wildman–Crippen MR) is 93.0 cm³/mol. The molecule has 0 aliphatic heterocycles. The van der Waals surface area contributed by atoms with E-state index in [0.717, 1.165) is 17.8 Å². The topological polar surface area (TPSA) is 45.2 Å². The van der Waals surface area contributed by atoms with Gasteiger partial charge in [0.05, 0.1) is 11.3 Å². The van der Waals surface area contributed by atoms with Crippen molar-refractivity contribution in [3.05, 3.63) is 83.8 Å². The summed E-state index contributed by atoms with van der Waals surface area (Å²) in [5, 5.41) is 2.20. The second kappa shape index (κ2) is 7.26. The summed E-state index contributed by atoms with van der Waals surface area (Å²) in [6.07, 6.45) is 1.32. The molecule has 4 nitrogen and oxygen atoms in total. The van der Waals surface area contributed by atoms with Gasteiger partial charge in [0.15, 0.2) is 17.5 Å². The van der Waals surface area contributed by atoms with Crippen molar-refractivity contribution in [2.75, 3.05) is 17.3 Å². The minimum atomic E-state index is -1.64. The molecule has 0 spiro atoms. The van der Waals surface area contributed by atoms with Crippen LogP contribution in [-0.2, 0) is 0 Å². The molecule has 1 N–H and O–H groups in total. The zero-order valence-corrected chi connectivity index (χ0v) is 13.7. The van der Waals surface area contributed by atoms with Gasteiger partial charge in [-0.1, -0.05) is 18.2 Å². The zero-order chi connectivity index (χ0) is 18.7. The molecule has 0 radical (unpaired) electrons. The van der Waals surface area contributed by atoms with Crippen LogP contribution in [0.2, 0.25) is 0 Å². The van der Waals surface area contributed by atoms with Crippen molar-refractivity contribution in [2.24, 2.45) is 0 Å². The molecule has 7 heteroatoms. The SMILES string of the molecule is CN(c1ccccc1)c1ccc(C(=O)Nc2ccc(F)c(F)c2F)cn1. The van der Waals surface area contributed by atoms with Gasteiger partial charge in [0.1, 0.15) is 5.82 Å². The number of rotatable bonds is 4. The van der Waals surface area contributed by atoms with Crippen molar-refractivity contribution in [1.82, 2.24) is 4.98 Å². The molecule has 3 aromatic rings. The molecule has 0 fully saturated rings. The maximum atomic E-state index is 13.6. The Hall–Kier alpha value is -3.35. The van der Waals surface area contributed by atoms with E-state index in [4.69, 9.17) is 0 Å². The van der Waals surface area contributed by atoms with E-state index in [1.807, 2.05) is 42.3 Å². The highest BCUT2D eigenvalue weighted by atomic mass is 19.2. The summed E-state index contributed by atoms with van der Waals surface area (Å²) in [4.78, 5) is 18.2. The first-order chi connectivity index (χ1) is 12.5. The fourth-order valence-electron chi connectivity index (χ4n) is 2.32. The van der Waals surface area contributed by atoms with Gasteiger partial charge in [-0.3, -0.25) is 4.79 Å². The van der Waals surface area contributed by atoms with Gasteiger partial charge in [-0.25, -0.2) is 18.2 Å². The van der Waals surface area contributed by atoms with Gasteiger partial charge in [-0.2, -0.15) is 0 Å². The Labute approximate surface area is 147 Å². The molecule has 0 bridgehead atoms. The van der Waals surface area contributed by atoms with E-state index in [2.05, 4.69) is 10.3 Å². The van der Waals surface area contributed by atoms with Gasteiger partial charge >= 0.3 is 0 Å². The number of nitrogens with zero attached hydrogens (tertiary/aromatic N) is 2. The number of anilines is 3. The van der Waals surface area contributed by atoms with Crippen LogP contribution in [0.4, 0.5) is 30.4 Å². The molecular weight excluding hydrogens is 343 g/mol. The number of carbonyl (C=O) groups is 1. The van der Waals surface area contributed by atoms with Gasteiger partial charge in [0, 0.05) is 18.9 Å². The standard InChI is InChI=1S/C19H14F3N3O/c1-25(13-5-3-2-4-6-13)16-10-7-12(11-23-16)19(26)24-15-9-8-14(20)17(21)18(15)22/h2-11H,1H3,(H,24,26). The normalized spacial score (nSPS) is 10.5. The highest BCUT2D eigenvalue weighted by Gasteiger charge is 2.16. The third kappa shape index (κ3) is 3.51. The van der Waals surface area contributed by atoms with E-state index in [-0.39, 0.29) is 5.56 Å². The van der Waals surface area contributed by atoms with E-state index in [9.17, 15) is 18.0 Å². The molecule has 0 atom stereocenters. The van der Waals surface area contributed by atoms with Crippen molar-refractivity contribution < 1.29 is 18.0 Å². The van der Waals surface area contributed by atoms with Gasteiger partial charge in [-0.15, -0.1) is 0 Å².